The summed E-state index contributed by atoms with van der Waals surface area (Å²) in [7, 11) is 0. The Morgan fingerprint density at radius 1 is 1.40 bits per heavy atom. The van der Waals surface area contributed by atoms with Crippen LogP contribution >= 0.6 is 0 Å². The number of hydrogen-bond acceptors (Lipinski definition) is 3. The van der Waals surface area contributed by atoms with Crippen molar-refractivity contribution in [3.05, 3.63) is 29.6 Å². The highest BCUT2D eigenvalue weighted by molar-refractivity contribution is 5.55. The van der Waals surface area contributed by atoms with Crippen molar-refractivity contribution in [2.24, 2.45) is 5.92 Å². The smallest absolute Gasteiger partial charge is 0.123 e. The third kappa shape index (κ3) is 3.49. The first kappa shape index (κ1) is 15.3. The molecule has 0 bridgehead atoms. The van der Waals surface area contributed by atoms with Gasteiger partial charge in [0.25, 0.3) is 0 Å². The number of hydrogen-bond donors (Lipinski definition) is 2. The maximum Gasteiger partial charge on any atom is 0.123 e. The van der Waals surface area contributed by atoms with Crippen molar-refractivity contribution in [2.75, 3.05) is 31.1 Å². The Morgan fingerprint density at radius 2 is 2.10 bits per heavy atom. The summed E-state index contributed by atoms with van der Waals surface area (Å²) in [6.07, 6.45) is 2.01. The van der Waals surface area contributed by atoms with Gasteiger partial charge in [-0.05, 0) is 56.0 Å². The molecule has 1 aliphatic rings. The van der Waals surface area contributed by atoms with Crippen LogP contribution in [0, 0.1) is 11.7 Å². The number of aliphatic hydroxyl groups is 1. The minimum Gasteiger partial charge on any atom is -0.396 e. The molecule has 2 rings (SSSR count). The zero-order valence-electron chi connectivity index (χ0n) is 12.4. The molecule has 2 N–H and O–H groups in total. The highest BCUT2D eigenvalue weighted by Crippen LogP contribution is 2.30. The van der Waals surface area contributed by atoms with Crippen molar-refractivity contribution in [3.63, 3.8) is 0 Å². The lowest BCUT2D eigenvalue weighted by Gasteiger charge is -2.35. The lowest BCUT2D eigenvalue weighted by molar-refractivity contribution is 0.203. The summed E-state index contributed by atoms with van der Waals surface area (Å²) in [5.41, 5.74) is 2.14. The molecular weight excluding hydrogens is 255 g/mol. The second-order valence-electron chi connectivity index (χ2n) is 5.60. The molecule has 1 heterocycles. The first-order valence-corrected chi connectivity index (χ1v) is 7.54. The van der Waals surface area contributed by atoms with Gasteiger partial charge in [-0.15, -0.1) is 0 Å². The summed E-state index contributed by atoms with van der Waals surface area (Å²) >= 11 is 0. The number of nitrogens with zero attached hydrogens (tertiary/aromatic N) is 1. The predicted octanol–water partition coefficient (Wildman–Crippen LogP) is 2.70. The van der Waals surface area contributed by atoms with Gasteiger partial charge >= 0.3 is 0 Å². The average Bonchev–Trinajstić information content (AvgIpc) is 2.47. The van der Waals surface area contributed by atoms with E-state index in [0.717, 1.165) is 43.7 Å². The van der Waals surface area contributed by atoms with Crippen LogP contribution in [0.4, 0.5) is 10.1 Å². The summed E-state index contributed by atoms with van der Waals surface area (Å²) in [6.45, 7) is 7.14. The number of anilines is 1. The third-order valence-electron chi connectivity index (χ3n) is 4.18. The van der Waals surface area contributed by atoms with Crippen LogP contribution in [0.3, 0.4) is 0 Å². The molecule has 1 saturated heterocycles. The summed E-state index contributed by atoms with van der Waals surface area (Å²) in [5, 5.41) is 12.6. The van der Waals surface area contributed by atoms with E-state index in [2.05, 4.69) is 24.1 Å². The van der Waals surface area contributed by atoms with Crippen molar-refractivity contribution in [3.8, 4) is 0 Å². The van der Waals surface area contributed by atoms with Gasteiger partial charge in [0.05, 0.1) is 0 Å². The number of nitrogens with one attached hydrogen (secondary N) is 1. The van der Waals surface area contributed by atoms with Gasteiger partial charge in [0.2, 0.25) is 0 Å². The summed E-state index contributed by atoms with van der Waals surface area (Å²) in [5.74, 6) is 0.236. The van der Waals surface area contributed by atoms with E-state index in [1.54, 1.807) is 6.07 Å². The van der Waals surface area contributed by atoms with Crippen molar-refractivity contribution in [1.29, 1.82) is 0 Å². The standard InChI is InChI=1S/C16H25FN2O/c1-3-18-12(2)15-10-14(17)4-5-16(15)19-8-6-13(11-20)7-9-19/h4-5,10,12-13,18,20H,3,6-9,11H2,1-2H3. The molecule has 0 amide bonds. The fraction of sp³-hybridized carbons (Fsp3) is 0.625. The molecule has 0 saturated carbocycles. The van der Waals surface area contributed by atoms with Crippen LogP contribution in [-0.4, -0.2) is 31.3 Å². The van der Waals surface area contributed by atoms with Crippen LogP contribution in [-0.2, 0) is 0 Å². The van der Waals surface area contributed by atoms with Crippen molar-refractivity contribution in [2.45, 2.75) is 32.7 Å². The van der Waals surface area contributed by atoms with Gasteiger partial charge in [-0.2, -0.15) is 0 Å². The number of benzene rings is 1. The molecule has 0 aromatic heterocycles. The lowest BCUT2D eigenvalue weighted by atomic mass is 9.96. The third-order valence-corrected chi connectivity index (χ3v) is 4.18. The molecule has 3 nitrogen and oxygen atoms in total. The molecule has 1 atom stereocenters. The Kier molecular flexibility index (Phi) is 5.38. The molecule has 0 aliphatic carbocycles. The van der Waals surface area contributed by atoms with Crippen LogP contribution < -0.4 is 10.2 Å². The van der Waals surface area contributed by atoms with E-state index >= 15 is 0 Å². The Balaban J connectivity index is 2.18. The average molecular weight is 280 g/mol. The van der Waals surface area contributed by atoms with E-state index in [-0.39, 0.29) is 18.5 Å². The molecule has 1 aliphatic heterocycles. The van der Waals surface area contributed by atoms with Crippen LogP contribution in [0.2, 0.25) is 0 Å². The lowest BCUT2D eigenvalue weighted by Crippen LogP contribution is -2.36. The van der Waals surface area contributed by atoms with Crippen molar-refractivity contribution < 1.29 is 9.50 Å². The molecule has 4 heteroatoms. The van der Waals surface area contributed by atoms with E-state index in [0.29, 0.717) is 5.92 Å². The molecular formula is C16H25FN2O. The van der Waals surface area contributed by atoms with E-state index in [1.165, 1.54) is 6.07 Å². The maximum atomic E-state index is 13.6. The number of halogens is 1. The number of rotatable bonds is 5. The van der Waals surface area contributed by atoms with Crippen LogP contribution in [0.1, 0.15) is 38.3 Å². The molecule has 0 radical (unpaired) electrons. The van der Waals surface area contributed by atoms with E-state index in [1.807, 2.05) is 6.07 Å². The van der Waals surface area contributed by atoms with Gasteiger partial charge in [-0.25, -0.2) is 4.39 Å². The monoisotopic (exact) mass is 280 g/mol. The van der Waals surface area contributed by atoms with Crippen LogP contribution in [0.15, 0.2) is 18.2 Å². The predicted molar refractivity (Wildman–Crippen MR) is 80.5 cm³/mol. The van der Waals surface area contributed by atoms with Crippen molar-refractivity contribution in [1.82, 2.24) is 5.32 Å². The Labute approximate surface area is 120 Å². The Hall–Kier alpha value is -1.13. The zero-order valence-corrected chi connectivity index (χ0v) is 12.4. The van der Waals surface area contributed by atoms with Gasteiger partial charge in [0.1, 0.15) is 5.82 Å². The summed E-state index contributed by atoms with van der Waals surface area (Å²) < 4.78 is 13.6. The summed E-state index contributed by atoms with van der Waals surface area (Å²) in [4.78, 5) is 2.31. The molecule has 20 heavy (non-hydrogen) atoms. The number of aliphatic hydroxyl groups excluding tert-OH is 1. The van der Waals surface area contributed by atoms with Crippen molar-refractivity contribution >= 4 is 5.69 Å². The zero-order chi connectivity index (χ0) is 14.5. The largest absolute Gasteiger partial charge is 0.396 e. The van der Waals surface area contributed by atoms with Gasteiger partial charge in [-0.3, -0.25) is 0 Å². The first-order valence-electron chi connectivity index (χ1n) is 7.54. The van der Waals surface area contributed by atoms with Gasteiger partial charge < -0.3 is 15.3 Å². The molecule has 1 unspecified atom stereocenters. The molecule has 112 valence electrons. The Bertz CT molecular complexity index is 430. The fourth-order valence-corrected chi connectivity index (χ4v) is 2.93. The second-order valence-corrected chi connectivity index (χ2v) is 5.60. The fourth-order valence-electron chi connectivity index (χ4n) is 2.93. The summed E-state index contributed by atoms with van der Waals surface area (Å²) in [6, 6.07) is 5.20. The van der Waals surface area contributed by atoms with Gasteiger partial charge in [-0.1, -0.05) is 6.92 Å². The highest BCUT2D eigenvalue weighted by atomic mass is 19.1. The normalized spacial score (nSPS) is 18.3. The van der Waals surface area contributed by atoms with Gasteiger partial charge in [0, 0.05) is 31.4 Å². The van der Waals surface area contributed by atoms with E-state index in [9.17, 15) is 9.50 Å². The highest BCUT2D eigenvalue weighted by Gasteiger charge is 2.22. The quantitative estimate of drug-likeness (QED) is 0.870. The number of piperidine rings is 1. The molecule has 1 aromatic rings. The SMILES string of the molecule is CCNC(C)c1cc(F)ccc1N1CCC(CO)CC1. The van der Waals surface area contributed by atoms with Crippen LogP contribution in [0.25, 0.3) is 0 Å². The first-order chi connectivity index (χ1) is 9.65. The topological polar surface area (TPSA) is 35.5 Å². The molecule has 1 fully saturated rings. The van der Waals surface area contributed by atoms with Gasteiger partial charge in [0.15, 0.2) is 0 Å². The second kappa shape index (κ2) is 7.04. The molecule has 1 aromatic carbocycles. The Morgan fingerprint density at radius 3 is 2.70 bits per heavy atom. The minimum atomic E-state index is -0.182. The molecule has 0 spiro atoms. The van der Waals surface area contributed by atoms with E-state index in [4.69, 9.17) is 0 Å². The minimum absolute atomic E-state index is 0.140. The van der Waals surface area contributed by atoms with Crippen LogP contribution in [0.5, 0.6) is 0 Å². The van der Waals surface area contributed by atoms with E-state index < -0.39 is 0 Å². The maximum absolute atomic E-state index is 13.6.